The molecule has 0 aliphatic carbocycles. The van der Waals surface area contributed by atoms with Crippen molar-refractivity contribution in [3.05, 3.63) is 29.3 Å². The summed E-state index contributed by atoms with van der Waals surface area (Å²) in [7, 11) is -3.01. The first-order chi connectivity index (χ1) is 13.7. The Morgan fingerprint density at radius 3 is 2.48 bits per heavy atom. The zero-order chi connectivity index (χ0) is 21.2. The average Bonchev–Trinajstić information content (AvgIpc) is 3.04. The number of piperazine rings is 1. The molecule has 1 aromatic rings. The lowest BCUT2D eigenvalue weighted by Gasteiger charge is -2.39. The van der Waals surface area contributed by atoms with Crippen LogP contribution in [0, 0.1) is 13.8 Å². The molecular weight excluding hydrogens is 386 g/mol. The third-order valence-corrected chi connectivity index (χ3v) is 8.35. The Bertz CT molecular complexity index is 832. The number of benzene rings is 1. The van der Waals surface area contributed by atoms with Crippen LogP contribution < -0.4 is 4.90 Å². The highest BCUT2D eigenvalue weighted by atomic mass is 32.2. The van der Waals surface area contributed by atoms with Gasteiger partial charge in [0.05, 0.1) is 18.1 Å². The monoisotopic (exact) mass is 421 g/mol. The van der Waals surface area contributed by atoms with Crippen LogP contribution in [0.2, 0.25) is 0 Å². The molecule has 1 aromatic carbocycles. The predicted molar refractivity (Wildman–Crippen MR) is 118 cm³/mol. The predicted octanol–water partition coefficient (Wildman–Crippen LogP) is 2.24. The van der Waals surface area contributed by atoms with Crippen LogP contribution in [-0.2, 0) is 14.6 Å². The van der Waals surface area contributed by atoms with Crippen LogP contribution in [-0.4, -0.2) is 80.4 Å². The van der Waals surface area contributed by atoms with Crippen molar-refractivity contribution in [1.82, 2.24) is 9.80 Å². The maximum absolute atomic E-state index is 13.1. The molecule has 2 saturated heterocycles. The van der Waals surface area contributed by atoms with Gasteiger partial charge in [0.1, 0.15) is 0 Å². The molecule has 2 heterocycles. The lowest BCUT2D eigenvalue weighted by molar-refractivity contribution is -0.136. The zero-order valence-electron chi connectivity index (χ0n) is 18.2. The molecule has 162 valence electrons. The van der Waals surface area contributed by atoms with Crippen molar-refractivity contribution in [3.8, 4) is 0 Å². The summed E-state index contributed by atoms with van der Waals surface area (Å²) in [5, 5.41) is 0. The van der Waals surface area contributed by atoms with Crippen LogP contribution in [0.5, 0.6) is 0 Å². The minimum atomic E-state index is -3.01. The summed E-state index contributed by atoms with van der Waals surface area (Å²) in [5.41, 5.74) is 3.91. The first-order valence-corrected chi connectivity index (χ1v) is 12.6. The molecule has 0 spiro atoms. The highest BCUT2D eigenvalue weighted by molar-refractivity contribution is 7.91. The molecule has 7 heteroatoms. The van der Waals surface area contributed by atoms with Crippen molar-refractivity contribution in [2.45, 2.75) is 52.6 Å². The topological polar surface area (TPSA) is 60.9 Å². The number of carbonyl (C=O) groups excluding carboxylic acids is 1. The Morgan fingerprint density at radius 1 is 1.21 bits per heavy atom. The van der Waals surface area contributed by atoms with Crippen LogP contribution in [0.15, 0.2) is 18.2 Å². The van der Waals surface area contributed by atoms with E-state index in [1.807, 2.05) is 11.8 Å². The lowest BCUT2D eigenvalue weighted by atomic mass is 10.1. The lowest BCUT2D eigenvalue weighted by Crippen LogP contribution is -2.54. The number of carbonyl (C=O) groups is 1. The van der Waals surface area contributed by atoms with Gasteiger partial charge in [-0.05, 0) is 50.8 Å². The van der Waals surface area contributed by atoms with E-state index in [0.29, 0.717) is 13.0 Å². The summed E-state index contributed by atoms with van der Waals surface area (Å²) in [6, 6.07) is 6.32. The molecule has 2 aliphatic rings. The van der Waals surface area contributed by atoms with E-state index in [9.17, 15) is 13.2 Å². The standard InChI is InChI=1S/C22H35N3O3S/c1-5-18(3)25(20-9-14-29(27,28)16-20)22(26)15-23-10-12-24(13-11-23)21-8-6-7-17(2)19(21)4/h6-8,18,20H,5,9-16H2,1-4H3/t18-,20+/m1/s1. The number of nitrogens with zero attached hydrogens (tertiary/aromatic N) is 3. The maximum atomic E-state index is 13.1. The summed E-state index contributed by atoms with van der Waals surface area (Å²) in [4.78, 5) is 19.6. The van der Waals surface area contributed by atoms with Gasteiger partial charge in [-0.3, -0.25) is 9.69 Å². The van der Waals surface area contributed by atoms with Crippen LogP contribution in [0.4, 0.5) is 5.69 Å². The van der Waals surface area contributed by atoms with Crippen molar-refractivity contribution in [1.29, 1.82) is 0 Å². The molecule has 29 heavy (non-hydrogen) atoms. The summed E-state index contributed by atoms with van der Waals surface area (Å²) < 4.78 is 23.9. The Labute approximate surface area is 175 Å². The van der Waals surface area contributed by atoms with Crippen molar-refractivity contribution in [2.24, 2.45) is 0 Å². The second-order valence-corrected chi connectivity index (χ2v) is 10.8. The van der Waals surface area contributed by atoms with Gasteiger partial charge in [-0.1, -0.05) is 19.1 Å². The number of hydrogen-bond acceptors (Lipinski definition) is 5. The van der Waals surface area contributed by atoms with Crippen molar-refractivity contribution >= 4 is 21.4 Å². The van der Waals surface area contributed by atoms with Gasteiger partial charge in [-0.15, -0.1) is 0 Å². The van der Waals surface area contributed by atoms with Gasteiger partial charge < -0.3 is 9.80 Å². The van der Waals surface area contributed by atoms with Gasteiger partial charge in [0.15, 0.2) is 9.84 Å². The van der Waals surface area contributed by atoms with E-state index in [1.54, 1.807) is 0 Å². The molecule has 0 radical (unpaired) electrons. The maximum Gasteiger partial charge on any atom is 0.237 e. The molecule has 2 aliphatic heterocycles. The summed E-state index contributed by atoms with van der Waals surface area (Å²) >= 11 is 0. The molecule has 6 nitrogen and oxygen atoms in total. The van der Waals surface area contributed by atoms with E-state index in [4.69, 9.17) is 0 Å². The molecule has 0 aromatic heterocycles. The van der Waals surface area contributed by atoms with Gasteiger partial charge in [0.2, 0.25) is 5.91 Å². The van der Waals surface area contributed by atoms with Gasteiger partial charge >= 0.3 is 0 Å². The Morgan fingerprint density at radius 2 is 1.90 bits per heavy atom. The first-order valence-electron chi connectivity index (χ1n) is 10.8. The third-order valence-electron chi connectivity index (χ3n) is 6.60. The minimum absolute atomic E-state index is 0.0667. The Kier molecular flexibility index (Phi) is 6.89. The smallest absolute Gasteiger partial charge is 0.237 e. The second kappa shape index (κ2) is 9.04. The summed E-state index contributed by atoms with van der Waals surface area (Å²) in [6.07, 6.45) is 1.40. The van der Waals surface area contributed by atoms with Gasteiger partial charge in [0, 0.05) is 44.0 Å². The largest absolute Gasteiger partial charge is 0.369 e. The van der Waals surface area contributed by atoms with Crippen molar-refractivity contribution in [2.75, 3.05) is 49.1 Å². The van der Waals surface area contributed by atoms with Gasteiger partial charge in [0.25, 0.3) is 0 Å². The van der Waals surface area contributed by atoms with Crippen molar-refractivity contribution < 1.29 is 13.2 Å². The molecule has 0 unspecified atom stereocenters. The highest BCUT2D eigenvalue weighted by Gasteiger charge is 2.37. The number of hydrogen-bond donors (Lipinski definition) is 0. The summed E-state index contributed by atoms with van der Waals surface area (Å²) in [5.74, 6) is 0.386. The zero-order valence-corrected chi connectivity index (χ0v) is 19.0. The molecule has 2 fully saturated rings. The normalized spacial score (nSPS) is 23.2. The quantitative estimate of drug-likeness (QED) is 0.705. The Hall–Kier alpha value is -1.60. The van der Waals surface area contributed by atoms with Gasteiger partial charge in [-0.25, -0.2) is 8.42 Å². The number of amides is 1. The first kappa shape index (κ1) is 22.1. The van der Waals surface area contributed by atoms with E-state index in [1.165, 1.54) is 16.8 Å². The highest BCUT2D eigenvalue weighted by Crippen LogP contribution is 2.25. The van der Waals surface area contributed by atoms with Crippen molar-refractivity contribution in [3.63, 3.8) is 0 Å². The third kappa shape index (κ3) is 5.12. The number of sulfone groups is 1. The molecule has 1 amide bonds. The molecule has 3 rings (SSSR count). The number of anilines is 1. The van der Waals surface area contributed by atoms with E-state index in [-0.39, 0.29) is 29.5 Å². The molecule has 2 atom stereocenters. The van der Waals surface area contributed by atoms with Crippen LogP contribution in [0.1, 0.15) is 37.8 Å². The summed E-state index contributed by atoms with van der Waals surface area (Å²) in [6.45, 7) is 12.3. The van der Waals surface area contributed by atoms with E-state index < -0.39 is 9.84 Å². The minimum Gasteiger partial charge on any atom is -0.369 e. The molecular formula is C22H35N3O3S. The van der Waals surface area contributed by atoms with Crippen LogP contribution >= 0.6 is 0 Å². The number of aryl methyl sites for hydroxylation is 1. The molecule has 0 N–H and O–H groups in total. The van der Waals surface area contributed by atoms with E-state index in [0.717, 1.165) is 32.6 Å². The molecule has 0 bridgehead atoms. The fourth-order valence-corrected chi connectivity index (χ4v) is 6.21. The van der Waals surface area contributed by atoms with Gasteiger partial charge in [-0.2, -0.15) is 0 Å². The molecule has 0 saturated carbocycles. The fraction of sp³-hybridized carbons (Fsp3) is 0.682. The van der Waals surface area contributed by atoms with E-state index >= 15 is 0 Å². The van der Waals surface area contributed by atoms with E-state index in [2.05, 4.69) is 48.8 Å². The fourth-order valence-electron chi connectivity index (χ4n) is 4.50. The van der Waals surface area contributed by atoms with Crippen LogP contribution in [0.3, 0.4) is 0 Å². The SMILES string of the molecule is CC[C@@H](C)N(C(=O)CN1CCN(c2cccc(C)c2C)CC1)[C@H]1CCS(=O)(=O)C1. The second-order valence-electron chi connectivity index (χ2n) is 8.60. The van der Waals surface area contributed by atoms with Crippen LogP contribution in [0.25, 0.3) is 0 Å². The Balaban J connectivity index is 1.61. The number of rotatable bonds is 6. The average molecular weight is 422 g/mol.